The van der Waals surface area contributed by atoms with Gasteiger partial charge in [0.25, 0.3) is 0 Å². The van der Waals surface area contributed by atoms with Gasteiger partial charge in [-0.15, -0.1) is 11.3 Å². The van der Waals surface area contributed by atoms with E-state index in [1.807, 2.05) is 29.7 Å². The van der Waals surface area contributed by atoms with E-state index in [2.05, 4.69) is 48.3 Å². The third-order valence-electron chi connectivity index (χ3n) is 3.97. The Kier molecular flexibility index (Phi) is 5.91. The first-order valence-corrected chi connectivity index (χ1v) is 8.41. The molecule has 2 N–H and O–H groups in total. The summed E-state index contributed by atoms with van der Waals surface area (Å²) in [4.78, 5) is 8.17. The first-order chi connectivity index (χ1) is 10.1. The maximum atomic E-state index is 6.40. The molecule has 2 aromatic rings. The molecule has 3 nitrogen and oxygen atoms in total. The van der Waals surface area contributed by atoms with Gasteiger partial charge >= 0.3 is 0 Å². The number of likely N-dealkylation sites (N-methyl/N-ethyl adjacent to an activating group) is 1. The topological polar surface area (TPSA) is 42.1 Å². The number of nitrogens with zero attached hydrogens (tertiary/aromatic N) is 2. The summed E-state index contributed by atoms with van der Waals surface area (Å²) < 4.78 is 0. The normalized spacial score (nSPS) is 14.3. The van der Waals surface area contributed by atoms with Crippen LogP contribution in [0.3, 0.4) is 0 Å². The molecule has 114 valence electrons. The number of hydrogen-bond acceptors (Lipinski definition) is 4. The van der Waals surface area contributed by atoms with E-state index in [9.17, 15) is 0 Å². The lowest BCUT2D eigenvalue weighted by molar-refractivity contribution is 0.214. The Bertz CT molecular complexity index is 538. The Morgan fingerprint density at radius 1 is 1.33 bits per heavy atom. The van der Waals surface area contributed by atoms with E-state index in [0.29, 0.717) is 6.04 Å². The second kappa shape index (κ2) is 7.69. The Morgan fingerprint density at radius 2 is 2.14 bits per heavy atom. The largest absolute Gasteiger partial charge is 0.326 e. The summed E-state index contributed by atoms with van der Waals surface area (Å²) in [5, 5.41) is 2.16. The fraction of sp³-hybridized carbons (Fsp3) is 0.471. The summed E-state index contributed by atoms with van der Waals surface area (Å²) in [6.45, 7) is 5.30. The minimum absolute atomic E-state index is 0.163. The van der Waals surface area contributed by atoms with Crippen molar-refractivity contribution < 1.29 is 0 Å². The molecule has 0 aliphatic carbocycles. The van der Waals surface area contributed by atoms with E-state index in [1.165, 1.54) is 10.4 Å². The van der Waals surface area contributed by atoms with E-state index in [1.54, 1.807) is 0 Å². The monoisotopic (exact) mass is 303 g/mol. The Labute approximate surface area is 131 Å². The smallest absolute Gasteiger partial charge is 0.0593 e. The minimum Gasteiger partial charge on any atom is -0.326 e. The number of aromatic nitrogens is 1. The quantitative estimate of drug-likeness (QED) is 0.852. The molecule has 0 bridgehead atoms. The summed E-state index contributed by atoms with van der Waals surface area (Å²) in [7, 11) is 2.17. The Hall–Kier alpha value is -1.23. The van der Waals surface area contributed by atoms with Crippen LogP contribution in [0.15, 0.2) is 35.8 Å². The van der Waals surface area contributed by atoms with Crippen molar-refractivity contribution in [3.05, 3.63) is 52.0 Å². The predicted octanol–water partition coefficient (Wildman–Crippen LogP) is 3.40. The van der Waals surface area contributed by atoms with Crippen LogP contribution in [0, 0.1) is 6.92 Å². The highest BCUT2D eigenvalue weighted by atomic mass is 32.1. The molecular weight excluding hydrogens is 278 g/mol. The van der Waals surface area contributed by atoms with E-state index in [-0.39, 0.29) is 6.04 Å². The lowest BCUT2D eigenvalue weighted by atomic mass is 10.0. The van der Waals surface area contributed by atoms with Gasteiger partial charge in [-0.3, -0.25) is 9.88 Å². The van der Waals surface area contributed by atoms with E-state index >= 15 is 0 Å². The van der Waals surface area contributed by atoms with Gasteiger partial charge in [-0.25, -0.2) is 0 Å². The molecule has 0 saturated heterocycles. The average Bonchev–Trinajstić information content (AvgIpc) is 2.92. The van der Waals surface area contributed by atoms with Gasteiger partial charge in [0.2, 0.25) is 0 Å². The number of aryl methyl sites for hydroxylation is 1. The van der Waals surface area contributed by atoms with Crippen molar-refractivity contribution in [1.82, 2.24) is 9.88 Å². The highest BCUT2D eigenvalue weighted by Gasteiger charge is 2.25. The third kappa shape index (κ3) is 4.13. The van der Waals surface area contributed by atoms with Crippen molar-refractivity contribution in [3.8, 4) is 0 Å². The molecule has 0 aromatic carbocycles. The van der Waals surface area contributed by atoms with Crippen LogP contribution < -0.4 is 5.73 Å². The fourth-order valence-corrected chi connectivity index (χ4v) is 3.78. The van der Waals surface area contributed by atoms with Crippen LogP contribution in [-0.4, -0.2) is 29.5 Å². The van der Waals surface area contributed by atoms with Gasteiger partial charge in [0.05, 0.1) is 6.04 Å². The lowest BCUT2D eigenvalue weighted by Gasteiger charge is -2.32. The van der Waals surface area contributed by atoms with Crippen LogP contribution in [0.1, 0.15) is 35.5 Å². The molecule has 0 aliphatic rings. The van der Waals surface area contributed by atoms with Crippen molar-refractivity contribution in [3.63, 3.8) is 0 Å². The van der Waals surface area contributed by atoms with Gasteiger partial charge in [-0.05, 0) is 49.5 Å². The van der Waals surface area contributed by atoms with Crippen molar-refractivity contribution in [2.45, 2.75) is 38.8 Å². The van der Waals surface area contributed by atoms with Crippen molar-refractivity contribution in [1.29, 1.82) is 0 Å². The third-order valence-corrected chi connectivity index (χ3v) is 5.06. The molecule has 21 heavy (non-hydrogen) atoms. The molecule has 0 spiro atoms. The summed E-state index contributed by atoms with van der Waals surface area (Å²) in [6, 6.07) is 8.72. The maximum absolute atomic E-state index is 6.40. The minimum atomic E-state index is 0.163. The zero-order chi connectivity index (χ0) is 15.2. The molecule has 0 fully saturated rings. The van der Waals surface area contributed by atoms with Gasteiger partial charge < -0.3 is 5.73 Å². The van der Waals surface area contributed by atoms with E-state index in [4.69, 9.17) is 5.73 Å². The first kappa shape index (κ1) is 16.1. The van der Waals surface area contributed by atoms with Crippen LogP contribution in [0.5, 0.6) is 0 Å². The molecule has 4 heteroatoms. The van der Waals surface area contributed by atoms with Crippen LogP contribution in [-0.2, 0) is 6.42 Å². The van der Waals surface area contributed by atoms with Gasteiger partial charge in [0.15, 0.2) is 0 Å². The molecule has 0 radical (unpaired) electrons. The highest BCUT2D eigenvalue weighted by Crippen LogP contribution is 2.31. The van der Waals surface area contributed by atoms with E-state index < -0.39 is 0 Å². The number of hydrogen-bond donors (Lipinski definition) is 1. The second-order valence-corrected chi connectivity index (χ2v) is 6.48. The van der Waals surface area contributed by atoms with Gasteiger partial charge in [0.1, 0.15) is 0 Å². The average molecular weight is 303 g/mol. The van der Waals surface area contributed by atoms with Crippen LogP contribution in [0.4, 0.5) is 0 Å². The van der Waals surface area contributed by atoms with Gasteiger partial charge in [-0.1, -0.05) is 13.0 Å². The Balaban J connectivity index is 2.08. The highest BCUT2D eigenvalue weighted by molar-refractivity contribution is 7.10. The number of nitrogens with two attached hydrogens (primary N) is 1. The van der Waals surface area contributed by atoms with Crippen LogP contribution in [0.25, 0.3) is 0 Å². The van der Waals surface area contributed by atoms with Crippen molar-refractivity contribution in [2.24, 2.45) is 5.73 Å². The van der Waals surface area contributed by atoms with Crippen LogP contribution in [0.2, 0.25) is 0 Å². The molecule has 2 heterocycles. The molecule has 2 unspecified atom stereocenters. The van der Waals surface area contributed by atoms with Gasteiger partial charge in [0, 0.05) is 35.8 Å². The van der Waals surface area contributed by atoms with E-state index in [0.717, 1.165) is 25.1 Å². The zero-order valence-corrected chi connectivity index (χ0v) is 13.9. The number of rotatable bonds is 7. The molecule has 2 aromatic heterocycles. The molecule has 2 atom stereocenters. The van der Waals surface area contributed by atoms with Gasteiger partial charge in [-0.2, -0.15) is 0 Å². The lowest BCUT2D eigenvalue weighted by Crippen LogP contribution is -2.39. The number of thiophene rings is 1. The summed E-state index contributed by atoms with van der Waals surface area (Å²) in [5.74, 6) is 0. The summed E-state index contributed by atoms with van der Waals surface area (Å²) in [6.07, 6.45) is 3.79. The maximum Gasteiger partial charge on any atom is 0.0593 e. The van der Waals surface area contributed by atoms with Crippen molar-refractivity contribution >= 4 is 11.3 Å². The fourth-order valence-electron chi connectivity index (χ4n) is 2.61. The molecular formula is C17H25N3S. The van der Waals surface area contributed by atoms with Crippen molar-refractivity contribution in [2.75, 3.05) is 13.6 Å². The first-order valence-electron chi connectivity index (χ1n) is 7.53. The summed E-state index contributed by atoms with van der Waals surface area (Å²) in [5.41, 5.74) is 8.88. The Morgan fingerprint density at radius 3 is 2.71 bits per heavy atom. The SMILES string of the molecule is CCC(N)C(c1sccc1C)N(C)CCc1ccccn1. The molecule has 0 amide bonds. The summed E-state index contributed by atoms with van der Waals surface area (Å²) >= 11 is 1.81. The standard InChI is InChI=1S/C17H25N3S/c1-4-15(18)16(17-13(2)9-12-21-17)20(3)11-8-14-7-5-6-10-19-14/h5-7,9-10,12,15-16H,4,8,11,18H2,1-3H3. The zero-order valence-electron chi connectivity index (χ0n) is 13.1. The predicted molar refractivity (Wildman–Crippen MR) is 90.6 cm³/mol. The molecule has 2 rings (SSSR count). The second-order valence-electron chi connectivity index (χ2n) is 5.54. The molecule has 0 saturated carbocycles. The molecule has 0 aliphatic heterocycles. The van der Waals surface area contributed by atoms with Crippen LogP contribution >= 0.6 is 11.3 Å². The number of pyridine rings is 1.